The lowest BCUT2D eigenvalue weighted by atomic mass is 9.94. The minimum absolute atomic E-state index is 0.0490. The zero-order valence-electron chi connectivity index (χ0n) is 12.3. The van der Waals surface area contributed by atoms with E-state index in [9.17, 15) is 4.79 Å². The van der Waals surface area contributed by atoms with E-state index in [1.54, 1.807) is 31.4 Å². The Balaban J connectivity index is 1.87. The summed E-state index contributed by atoms with van der Waals surface area (Å²) >= 11 is 0. The number of hydrogen-bond donors (Lipinski definition) is 1. The highest BCUT2D eigenvalue weighted by molar-refractivity contribution is 6.02. The number of rotatable bonds is 4. The Labute approximate surface area is 129 Å². The number of carbonyl (C=O) groups is 1. The molecule has 2 aromatic rings. The van der Waals surface area contributed by atoms with Crippen LogP contribution in [0.15, 0.2) is 48.5 Å². The van der Waals surface area contributed by atoms with Gasteiger partial charge in [0.25, 0.3) is 0 Å². The van der Waals surface area contributed by atoms with Crippen LogP contribution >= 0.6 is 0 Å². The summed E-state index contributed by atoms with van der Waals surface area (Å²) in [7, 11) is 1.61. The first-order valence-corrected chi connectivity index (χ1v) is 7.15. The van der Waals surface area contributed by atoms with Crippen molar-refractivity contribution < 1.29 is 9.53 Å². The van der Waals surface area contributed by atoms with Crippen molar-refractivity contribution in [2.75, 3.05) is 12.4 Å². The van der Waals surface area contributed by atoms with E-state index < -0.39 is 5.41 Å². The molecule has 0 spiro atoms. The monoisotopic (exact) mass is 292 g/mol. The molecule has 0 radical (unpaired) electrons. The Hall–Kier alpha value is -2.80. The second kappa shape index (κ2) is 5.53. The van der Waals surface area contributed by atoms with Crippen LogP contribution in [-0.4, -0.2) is 13.0 Å². The first-order chi connectivity index (χ1) is 10.7. The number of anilines is 1. The SMILES string of the molecule is COc1ccccc1C1(C(=O)Nc2cccc(C#N)c2)CC1. The summed E-state index contributed by atoms with van der Waals surface area (Å²) < 4.78 is 5.39. The molecule has 110 valence electrons. The highest BCUT2D eigenvalue weighted by atomic mass is 16.5. The van der Waals surface area contributed by atoms with Gasteiger partial charge in [0, 0.05) is 11.3 Å². The number of hydrogen-bond acceptors (Lipinski definition) is 3. The molecule has 1 fully saturated rings. The number of carbonyl (C=O) groups excluding carboxylic acids is 1. The number of ether oxygens (including phenoxy) is 1. The van der Waals surface area contributed by atoms with Crippen LogP contribution in [0.2, 0.25) is 0 Å². The summed E-state index contributed by atoms with van der Waals surface area (Å²) in [6, 6.07) is 16.6. The number of nitriles is 1. The minimum Gasteiger partial charge on any atom is -0.496 e. The van der Waals surface area contributed by atoms with Gasteiger partial charge in [0.05, 0.1) is 24.2 Å². The minimum atomic E-state index is -0.519. The molecule has 0 unspecified atom stereocenters. The maximum atomic E-state index is 12.7. The lowest BCUT2D eigenvalue weighted by Gasteiger charge is -2.18. The third kappa shape index (κ3) is 2.42. The van der Waals surface area contributed by atoms with Crippen LogP contribution in [0.5, 0.6) is 5.75 Å². The van der Waals surface area contributed by atoms with E-state index in [2.05, 4.69) is 11.4 Å². The fourth-order valence-electron chi connectivity index (χ4n) is 2.70. The van der Waals surface area contributed by atoms with Crippen LogP contribution in [0.3, 0.4) is 0 Å². The van der Waals surface area contributed by atoms with E-state index in [-0.39, 0.29) is 5.91 Å². The summed E-state index contributed by atoms with van der Waals surface area (Å²) in [5.41, 5.74) is 1.58. The first-order valence-electron chi connectivity index (χ1n) is 7.15. The summed E-state index contributed by atoms with van der Waals surface area (Å²) in [5, 5.41) is 11.9. The van der Waals surface area contributed by atoms with Gasteiger partial charge >= 0.3 is 0 Å². The summed E-state index contributed by atoms with van der Waals surface area (Å²) in [4.78, 5) is 12.7. The fourth-order valence-corrected chi connectivity index (χ4v) is 2.70. The number of nitrogens with one attached hydrogen (secondary N) is 1. The Morgan fingerprint density at radius 3 is 2.68 bits per heavy atom. The number of methoxy groups -OCH3 is 1. The van der Waals surface area contributed by atoms with Gasteiger partial charge in [-0.05, 0) is 37.1 Å². The summed E-state index contributed by atoms with van der Waals surface area (Å²) in [6.07, 6.45) is 1.61. The quantitative estimate of drug-likeness (QED) is 0.941. The van der Waals surface area contributed by atoms with Crippen LogP contribution in [0, 0.1) is 11.3 Å². The van der Waals surface area contributed by atoms with Crippen molar-refractivity contribution in [1.82, 2.24) is 0 Å². The van der Waals surface area contributed by atoms with Crippen LogP contribution in [0.1, 0.15) is 24.0 Å². The van der Waals surface area contributed by atoms with Crippen LogP contribution < -0.4 is 10.1 Å². The Morgan fingerprint density at radius 1 is 1.23 bits per heavy atom. The molecule has 0 heterocycles. The Kier molecular flexibility index (Phi) is 3.56. The molecule has 22 heavy (non-hydrogen) atoms. The van der Waals surface area contributed by atoms with E-state index in [0.29, 0.717) is 11.3 Å². The molecule has 1 aliphatic carbocycles. The molecule has 1 N–H and O–H groups in total. The molecule has 0 aliphatic heterocycles. The van der Waals surface area contributed by atoms with Gasteiger partial charge in [-0.15, -0.1) is 0 Å². The van der Waals surface area contributed by atoms with Gasteiger partial charge in [0.15, 0.2) is 0 Å². The predicted molar refractivity (Wildman–Crippen MR) is 83.7 cm³/mol. The molecule has 3 rings (SSSR count). The normalized spacial score (nSPS) is 14.7. The van der Waals surface area contributed by atoms with E-state index in [1.807, 2.05) is 24.3 Å². The van der Waals surface area contributed by atoms with E-state index in [0.717, 1.165) is 24.2 Å². The average molecular weight is 292 g/mol. The third-order valence-corrected chi connectivity index (χ3v) is 4.06. The van der Waals surface area contributed by atoms with Gasteiger partial charge in [-0.2, -0.15) is 5.26 Å². The first kappa shape index (κ1) is 14.2. The predicted octanol–water partition coefficient (Wildman–Crippen LogP) is 3.24. The lowest BCUT2D eigenvalue weighted by Crippen LogP contribution is -2.28. The number of nitrogens with zero attached hydrogens (tertiary/aromatic N) is 1. The van der Waals surface area contributed by atoms with Gasteiger partial charge in [-0.25, -0.2) is 0 Å². The van der Waals surface area contributed by atoms with Crippen molar-refractivity contribution in [3.63, 3.8) is 0 Å². The summed E-state index contributed by atoms with van der Waals surface area (Å²) in [6.45, 7) is 0. The zero-order chi connectivity index (χ0) is 15.6. The molecule has 4 heteroatoms. The molecule has 1 saturated carbocycles. The van der Waals surface area contributed by atoms with Gasteiger partial charge in [0.2, 0.25) is 5.91 Å². The highest BCUT2D eigenvalue weighted by Gasteiger charge is 2.52. The number of amides is 1. The maximum absolute atomic E-state index is 12.7. The number of benzene rings is 2. The van der Waals surface area contributed by atoms with Gasteiger partial charge in [0.1, 0.15) is 5.75 Å². The van der Waals surface area contributed by atoms with Gasteiger partial charge in [-0.1, -0.05) is 24.3 Å². The molecule has 0 bridgehead atoms. The maximum Gasteiger partial charge on any atom is 0.235 e. The van der Waals surface area contributed by atoms with Crippen molar-refractivity contribution >= 4 is 11.6 Å². The van der Waals surface area contributed by atoms with Crippen molar-refractivity contribution in [3.8, 4) is 11.8 Å². The molecule has 1 aliphatic rings. The molecule has 2 aromatic carbocycles. The Bertz CT molecular complexity index is 758. The van der Waals surface area contributed by atoms with Crippen molar-refractivity contribution in [3.05, 3.63) is 59.7 Å². The molecular weight excluding hydrogens is 276 g/mol. The molecule has 4 nitrogen and oxygen atoms in total. The smallest absolute Gasteiger partial charge is 0.235 e. The van der Waals surface area contributed by atoms with E-state index in [4.69, 9.17) is 10.00 Å². The van der Waals surface area contributed by atoms with Gasteiger partial charge < -0.3 is 10.1 Å². The van der Waals surface area contributed by atoms with E-state index >= 15 is 0 Å². The largest absolute Gasteiger partial charge is 0.496 e. The molecule has 0 aromatic heterocycles. The van der Waals surface area contributed by atoms with Crippen molar-refractivity contribution in [2.24, 2.45) is 0 Å². The third-order valence-electron chi connectivity index (χ3n) is 4.06. The highest BCUT2D eigenvalue weighted by Crippen LogP contribution is 2.51. The molecule has 1 amide bonds. The Morgan fingerprint density at radius 2 is 2.00 bits per heavy atom. The van der Waals surface area contributed by atoms with Crippen LogP contribution in [0.4, 0.5) is 5.69 Å². The fraction of sp³-hybridized carbons (Fsp3) is 0.222. The van der Waals surface area contributed by atoms with Gasteiger partial charge in [-0.3, -0.25) is 4.79 Å². The second-order valence-corrected chi connectivity index (χ2v) is 5.43. The number of para-hydroxylation sites is 1. The summed E-state index contributed by atoms with van der Waals surface area (Å²) in [5.74, 6) is 0.688. The second-order valence-electron chi connectivity index (χ2n) is 5.43. The van der Waals surface area contributed by atoms with Crippen LogP contribution in [-0.2, 0) is 10.2 Å². The lowest BCUT2D eigenvalue weighted by molar-refractivity contribution is -0.118. The molecule has 0 saturated heterocycles. The molecular formula is C18H16N2O2. The van der Waals surface area contributed by atoms with Crippen molar-refractivity contribution in [1.29, 1.82) is 5.26 Å². The topological polar surface area (TPSA) is 62.1 Å². The van der Waals surface area contributed by atoms with Crippen molar-refractivity contribution in [2.45, 2.75) is 18.3 Å². The van der Waals surface area contributed by atoms with E-state index in [1.165, 1.54) is 0 Å². The average Bonchev–Trinajstić information content (AvgIpc) is 3.37. The zero-order valence-corrected chi connectivity index (χ0v) is 12.3. The molecule has 0 atom stereocenters. The standard InChI is InChI=1S/C18H16N2O2/c1-22-16-8-3-2-7-15(16)18(9-10-18)17(21)20-14-6-4-5-13(11-14)12-19/h2-8,11H,9-10H2,1H3,(H,20,21). The van der Waals surface area contributed by atoms with Crippen LogP contribution in [0.25, 0.3) is 0 Å².